The fourth-order valence-corrected chi connectivity index (χ4v) is 2.18. The number of anilines is 1. The summed E-state index contributed by atoms with van der Waals surface area (Å²) in [5.74, 6) is -0.208. The highest BCUT2D eigenvalue weighted by atomic mass is 32.1. The molecule has 5 nitrogen and oxygen atoms in total. The van der Waals surface area contributed by atoms with Crippen LogP contribution < -0.4 is 4.90 Å². The van der Waals surface area contributed by atoms with Crippen LogP contribution in [0, 0.1) is 6.92 Å². The number of carbonyl (C=O) groups excluding carboxylic acids is 1. The van der Waals surface area contributed by atoms with Crippen LogP contribution in [0.15, 0.2) is 5.38 Å². The molecule has 0 unspecified atom stereocenters. The molecule has 0 N–H and O–H groups in total. The van der Waals surface area contributed by atoms with Crippen LogP contribution in [0.25, 0.3) is 0 Å². The van der Waals surface area contributed by atoms with E-state index in [1.54, 1.807) is 18.4 Å². The Morgan fingerprint density at radius 1 is 1.47 bits per heavy atom. The quantitative estimate of drug-likeness (QED) is 0.693. The molecule has 17 heavy (non-hydrogen) atoms. The number of rotatable bonds is 7. The van der Waals surface area contributed by atoms with E-state index in [0.717, 1.165) is 17.4 Å². The third kappa shape index (κ3) is 4.70. The molecule has 0 fully saturated rings. The minimum absolute atomic E-state index is 0.208. The number of thiazole rings is 1. The molecule has 0 aliphatic carbocycles. The van der Waals surface area contributed by atoms with Gasteiger partial charge in [-0.1, -0.05) is 0 Å². The molecule has 0 saturated heterocycles. The molecule has 0 saturated carbocycles. The lowest BCUT2D eigenvalue weighted by Gasteiger charge is -2.20. The zero-order chi connectivity index (χ0) is 12.7. The first-order chi connectivity index (χ1) is 8.17. The zero-order valence-corrected chi connectivity index (χ0v) is 11.2. The van der Waals surface area contributed by atoms with Crippen LogP contribution in [0.2, 0.25) is 0 Å². The molecule has 1 heterocycles. The van der Waals surface area contributed by atoms with E-state index in [9.17, 15) is 4.79 Å². The van der Waals surface area contributed by atoms with Gasteiger partial charge in [0.15, 0.2) is 5.13 Å². The SMILES string of the molecule is COCCN(CCC(=O)OC)c1nc(C)cs1. The average molecular weight is 258 g/mol. The van der Waals surface area contributed by atoms with Crippen LogP contribution in [-0.4, -0.2) is 44.9 Å². The topological polar surface area (TPSA) is 51.7 Å². The summed E-state index contributed by atoms with van der Waals surface area (Å²) in [4.78, 5) is 17.6. The second kappa shape index (κ2) is 7.24. The third-order valence-corrected chi connectivity index (χ3v) is 3.28. The summed E-state index contributed by atoms with van der Waals surface area (Å²) in [5, 5.41) is 2.91. The van der Waals surface area contributed by atoms with Gasteiger partial charge in [0.25, 0.3) is 0 Å². The number of carbonyl (C=O) groups is 1. The van der Waals surface area contributed by atoms with Gasteiger partial charge in [-0.25, -0.2) is 4.98 Å². The Labute approximate surface area is 105 Å². The first-order valence-electron chi connectivity index (χ1n) is 5.40. The van der Waals surface area contributed by atoms with Gasteiger partial charge in [0.05, 0.1) is 25.8 Å². The van der Waals surface area contributed by atoms with Crippen LogP contribution in [-0.2, 0) is 14.3 Å². The minimum Gasteiger partial charge on any atom is -0.469 e. The molecule has 1 aromatic heterocycles. The Balaban J connectivity index is 2.57. The summed E-state index contributed by atoms with van der Waals surface area (Å²) >= 11 is 1.57. The van der Waals surface area contributed by atoms with Crippen molar-refractivity contribution in [3.63, 3.8) is 0 Å². The Morgan fingerprint density at radius 3 is 2.76 bits per heavy atom. The molecule has 0 amide bonds. The van der Waals surface area contributed by atoms with Gasteiger partial charge in [0, 0.05) is 25.6 Å². The number of nitrogens with zero attached hydrogens (tertiary/aromatic N) is 2. The van der Waals surface area contributed by atoms with E-state index >= 15 is 0 Å². The van der Waals surface area contributed by atoms with E-state index < -0.39 is 0 Å². The predicted molar refractivity (Wildman–Crippen MR) is 67.6 cm³/mol. The fourth-order valence-electron chi connectivity index (χ4n) is 1.32. The molecule has 1 aromatic rings. The lowest BCUT2D eigenvalue weighted by molar-refractivity contribution is -0.140. The Bertz CT molecular complexity index is 354. The van der Waals surface area contributed by atoms with E-state index in [-0.39, 0.29) is 5.97 Å². The van der Waals surface area contributed by atoms with Crippen LogP contribution in [0.5, 0.6) is 0 Å². The summed E-state index contributed by atoms with van der Waals surface area (Å²) in [6.07, 6.45) is 0.360. The summed E-state index contributed by atoms with van der Waals surface area (Å²) < 4.78 is 9.69. The molecule has 0 bridgehead atoms. The molecule has 1 rings (SSSR count). The van der Waals surface area contributed by atoms with Crippen molar-refractivity contribution in [3.05, 3.63) is 11.1 Å². The summed E-state index contributed by atoms with van der Waals surface area (Å²) in [6, 6.07) is 0. The molecule has 6 heteroatoms. The number of esters is 1. The second-order valence-electron chi connectivity index (χ2n) is 3.58. The van der Waals surface area contributed by atoms with Crippen molar-refractivity contribution < 1.29 is 14.3 Å². The first-order valence-corrected chi connectivity index (χ1v) is 6.28. The molecular weight excluding hydrogens is 240 g/mol. The van der Waals surface area contributed by atoms with E-state index in [2.05, 4.69) is 9.72 Å². The second-order valence-corrected chi connectivity index (χ2v) is 4.41. The molecule has 0 aromatic carbocycles. The lowest BCUT2D eigenvalue weighted by Crippen LogP contribution is -2.29. The number of hydrogen-bond acceptors (Lipinski definition) is 6. The highest BCUT2D eigenvalue weighted by molar-refractivity contribution is 7.13. The Hall–Kier alpha value is -1.14. The highest BCUT2D eigenvalue weighted by Gasteiger charge is 2.12. The fraction of sp³-hybridized carbons (Fsp3) is 0.636. The van der Waals surface area contributed by atoms with Gasteiger partial charge >= 0.3 is 5.97 Å². The molecule has 0 atom stereocenters. The van der Waals surface area contributed by atoms with Crippen molar-refractivity contribution in [3.8, 4) is 0 Å². The largest absolute Gasteiger partial charge is 0.469 e. The van der Waals surface area contributed by atoms with Crippen molar-refractivity contribution in [2.75, 3.05) is 38.8 Å². The molecule has 0 radical (unpaired) electrons. The maximum atomic E-state index is 11.1. The molecule has 0 spiro atoms. The number of hydrogen-bond donors (Lipinski definition) is 0. The van der Waals surface area contributed by atoms with Gasteiger partial charge < -0.3 is 14.4 Å². The van der Waals surface area contributed by atoms with Gasteiger partial charge in [-0.3, -0.25) is 4.79 Å². The smallest absolute Gasteiger partial charge is 0.307 e. The van der Waals surface area contributed by atoms with Gasteiger partial charge in [-0.2, -0.15) is 0 Å². The lowest BCUT2D eigenvalue weighted by atomic mass is 10.4. The van der Waals surface area contributed by atoms with Gasteiger partial charge in [0.1, 0.15) is 0 Å². The zero-order valence-electron chi connectivity index (χ0n) is 10.4. The van der Waals surface area contributed by atoms with Gasteiger partial charge in [0.2, 0.25) is 0 Å². The minimum atomic E-state index is -0.208. The maximum Gasteiger partial charge on any atom is 0.307 e. The van der Waals surface area contributed by atoms with E-state index in [1.807, 2.05) is 17.2 Å². The molecule has 0 aliphatic rings. The monoisotopic (exact) mass is 258 g/mol. The Morgan fingerprint density at radius 2 is 2.24 bits per heavy atom. The van der Waals surface area contributed by atoms with Crippen LogP contribution in [0.4, 0.5) is 5.13 Å². The summed E-state index contributed by atoms with van der Waals surface area (Å²) in [5.41, 5.74) is 0.991. The third-order valence-electron chi connectivity index (χ3n) is 2.26. The first kappa shape index (κ1) is 13.9. The summed E-state index contributed by atoms with van der Waals surface area (Å²) in [7, 11) is 3.06. The Kier molecular flexibility index (Phi) is 5.93. The van der Waals surface area contributed by atoms with Crippen molar-refractivity contribution in [1.82, 2.24) is 4.98 Å². The van der Waals surface area contributed by atoms with Gasteiger partial charge in [-0.05, 0) is 6.92 Å². The standard InChI is InChI=1S/C11H18N2O3S/c1-9-8-17-11(12-9)13(6-7-15-2)5-4-10(14)16-3/h8H,4-7H2,1-3H3. The number of methoxy groups -OCH3 is 2. The normalized spacial score (nSPS) is 10.3. The number of ether oxygens (including phenoxy) is 2. The number of aromatic nitrogens is 1. The highest BCUT2D eigenvalue weighted by Crippen LogP contribution is 2.20. The molecular formula is C11H18N2O3S. The van der Waals surface area contributed by atoms with E-state index in [1.165, 1.54) is 7.11 Å². The van der Waals surface area contributed by atoms with Crippen molar-refractivity contribution in [2.24, 2.45) is 0 Å². The maximum absolute atomic E-state index is 11.1. The van der Waals surface area contributed by atoms with E-state index in [0.29, 0.717) is 19.6 Å². The average Bonchev–Trinajstić information content (AvgIpc) is 2.75. The van der Waals surface area contributed by atoms with Crippen molar-refractivity contribution in [1.29, 1.82) is 0 Å². The van der Waals surface area contributed by atoms with Crippen molar-refractivity contribution >= 4 is 22.4 Å². The van der Waals surface area contributed by atoms with Gasteiger partial charge in [-0.15, -0.1) is 11.3 Å². The number of aryl methyl sites for hydroxylation is 1. The van der Waals surface area contributed by atoms with Crippen LogP contribution in [0.1, 0.15) is 12.1 Å². The predicted octanol–water partition coefficient (Wildman–Crippen LogP) is 1.47. The molecule has 96 valence electrons. The molecule has 0 aliphatic heterocycles. The van der Waals surface area contributed by atoms with Crippen LogP contribution >= 0.6 is 11.3 Å². The summed E-state index contributed by atoms with van der Waals surface area (Å²) in [6.45, 7) is 3.89. The van der Waals surface area contributed by atoms with E-state index in [4.69, 9.17) is 4.74 Å². The van der Waals surface area contributed by atoms with Crippen molar-refractivity contribution in [2.45, 2.75) is 13.3 Å². The van der Waals surface area contributed by atoms with Crippen LogP contribution in [0.3, 0.4) is 0 Å².